The zero-order valence-corrected chi connectivity index (χ0v) is 16.9. The highest BCUT2D eigenvalue weighted by molar-refractivity contribution is 5.83. The van der Waals surface area contributed by atoms with Crippen LogP contribution in [-0.2, 0) is 16.1 Å². The summed E-state index contributed by atoms with van der Waals surface area (Å²) in [6, 6.07) is 5.98. The number of amides is 1. The number of aryl methyl sites for hydroxylation is 2. The molecule has 29 heavy (non-hydrogen) atoms. The maximum absolute atomic E-state index is 13.2. The van der Waals surface area contributed by atoms with E-state index in [1.807, 2.05) is 32.0 Å². The summed E-state index contributed by atoms with van der Waals surface area (Å²) < 4.78 is 7.87. The van der Waals surface area contributed by atoms with E-state index in [2.05, 4.69) is 15.5 Å². The van der Waals surface area contributed by atoms with Crippen LogP contribution < -0.4 is 10.9 Å². The number of benzene rings is 1. The van der Waals surface area contributed by atoms with Gasteiger partial charge in [0.2, 0.25) is 5.91 Å². The number of ether oxygens (including phenoxy) is 1. The highest BCUT2D eigenvalue weighted by atomic mass is 16.5. The van der Waals surface area contributed by atoms with Crippen LogP contribution >= 0.6 is 0 Å². The fraction of sp³-hybridized carbons (Fsp3) is 0.429. The number of carbonyl (C=O) groups excluding carboxylic acids is 1. The first-order valence-electron chi connectivity index (χ1n) is 9.81. The molecule has 4 rings (SSSR count). The molecule has 8 nitrogen and oxygen atoms in total. The molecule has 0 atom stereocenters. The number of rotatable bonds is 7. The van der Waals surface area contributed by atoms with Crippen LogP contribution in [0.5, 0.6) is 0 Å². The zero-order valence-electron chi connectivity index (χ0n) is 16.9. The number of carbonyl (C=O) groups is 1. The van der Waals surface area contributed by atoms with E-state index in [0.29, 0.717) is 24.6 Å². The quantitative estimate of drug-likeness (QED) is 0.617. The summed E-state index contributed by atoms with van der Waals surface area (Å²) in [5, 5.41) is 12.5. The molecule has 0 aliphatic heterocycles. The average Bonchev–Trinajstić information content (AvgIpc) is 3.44. The maximum Gasteiger partial charge on any atom is 0.293 e. The lowest BCUT2D eigenvalue weighted by Gasteiger charge is -2.11. The fourth-order valence-corrected chi connectivity index (χ4v) is 3.40. The van der Waals surface area contributed by atoms with Gasteiger partial charge in [0, 0.05) is 25.0 Å². The number of hydrogen-bond donors (Lipinski definition) is 1. The Labute approximate surface area is 168 Å². The Morgan fingerprint density at radius 1 is 1.28 bits per heavy atom. The van der Waals surface area contributed by atoms with Crippen LogP contribution in [0.1, 0.15) is 35.6 Å². The monoisotopic (exact) mass is 395 g/mol. The van der Waals surface area contributed by atoms with Gasteiger partial charge in [-0.15, -0.1) is 0 Å². The van der Waals surface area contributed by atoms with Crippen LogP contribution in [0.15, 0.2) is 29.2 Å². The third kappa shape index (κ3) is 3.80. The topological polar surface area (TPSA) is 91.0 Å². The van der Waals surface area contributed by atoms with Gasteiger partial charge in [0.05, 0.1) is 24.2 Å². The molecule has 0 bridgehead atoms. The molecule has 1 aliphatic carbocycles. The molecule has 3 aromatic rings. The largest absolute Gasteiger partial charge is 0.383 e. The van der Waals surface area contributed by atoms with Crippen molar-refractivity contribution in [3.63, 3.8) is 0 Å². The normalized spacial score (nSPS) is 13.8. The standard InChI is InChI=1S/C21H25N5O3/c1-13-4-7-16(10-14(13)2)26-20-17(11-23-26)19(15-5-6-15)24-25(21(20)28)12-18(27)22-8-9-29-3/h4,7,10-11,15H,5-6,8-9,12H2,1-3H3,(H,22,27). The molecule has 1 aliphatic rings. The summed E-state index contributed by atoms with van der Waals surface area (Å²) in [7, 11) is 1.57. The number of nitrogens with zero attached hydrogens (tertiary/aromatic N) is 4. The fourth-order valence-electron chi connectivity index (χ4n) is 3.40. The highest BCUT2D eigenvalue weighted by Crippen LogP contribution is 2.41. The summed E-state index contributed by atoms with van der Waals surface area (Å²) in [6.07, 6.45) is 3.79. The van der Waals surface area contributed by atoms with E-state index in [0.717, 1.165) is 35.2 Å². The van der Waals surface area contributed by atoms with Crippen LogP contribution in [0.2, 0.25) is 0 Å². The van der Waals surface area contributed by atoms with Crippen LogP contribution in [-0.4, -0.2) is 45.7 Å². The van der Waals surface area contributed by atoms with Crippen molar-refractivity contribution in [2.75, 3.05) is 20.3 Å². The third-order valence-corrected chi connectivity index (χ3v) is 5.33. The van der Waals surface area contributed by atoms with Crippen LogP contribution in [0, 0.1) is 13.8 Å². The summed E-state index contributed by atoms with van der Waals surface area (Å²) in [5.74, 6) is 0.0494. The molecule has 1 N–H and O–H groups in total. The zero-order chi connectivity index (χ0) is 20.5. The molecule has 1 saturated carbocycles. The third-order valence-electron chi connectivity index (χ3n) is 5.33. The first-order chi connectivity index (χ1) is 14.0. The van der Waals surface area contributed by atoms with E-state index in [-0.39, 0.29) is 18.0 Å². The highest BCUT2D eigenvalue weighted by Gasteiger charge is 2.30. The molecule has 8 heteroatoms. The minimum Gasteiger partial charge on any atom is -0.383 e. The van der Waals surface area contributed by atoms with Crippen molar-refractivity contribution >= 4 is 16.8 Å². The van der Waals surface area contributed by atoms with Gasteiger partial charge in [-0.05, 0) is 49.9 Å². The Morgan fingerprint density at radius 3 is 2.76 bits per heavy atom. The number of aromatic nitrogens is 4. The van der Waals surface area contributed by atoms with Gasteiger partial charge in [-0.3, -0.25) is 9.59 Å². The Hall–Kier alpha value is -3.00. The summed E-state index contributed by atoms with van der Waals surface area (Å²) >= 11 is 0. The second-order valence-electron chi connectivity index (χ2n) is 7.55. The van der Waals surface area contributed by atoms with Crippen molar-refractivity contribution in [1.29, 1.82) is 0 Å². The molecule has 2 aromatic heterocycles. The molecule has 2 heterocycles. The van der Waals surface area contributed by atoms with Crippen LogP contribution in [0.4, 0.5) is 0 Å². The van der Waals surface area contributed by atoms with Gasteiger partial charge >= 0.3 is 0 Å². The smallest absolute Gasteiger partial charge is 0.293 e. The summed E-state index contributed by atoms with van der Waals surface area (Å²) in [6.45, 7) is 4.76. The maximum atomic E-state index is 13.2. The lowest BCUT2D eigenvalue weighted by Crippen LogP contribution is -2.36. The van der Waals surface area contributed by atoms with Gasteiger partial charge in [-0.2, -0.15) is 10.2 Å². The van der Waals surface area contributed by atoms with Crippen molar-refractivity contribution < 1.29 is 9.53 Å². The molecule has 1 fully saturated rings. The Kier molecular flexibility index (Phi) is 5.19. The Bertz CT molecular complexity index is 1130. The Balaban J connectivity index is 1.79. The number of hydrogen-bond acceptors (Lipinski definition) is 5. The van der Waals surface area contributed by atoms with Gasteiger partial charge in [0.15, 0.2) is 0 Å². The van der Waals surface area contributed by atoms with Gasteiger partial charge < -0.3 is 10.1 Å². The number of fused-ring (bicyclic) bond motifs is 1. The summed E-state index contributed by atoms with van der Waals surface area (Å²) in [5.41, 5.74) is 4.12. The molecule has 0 radical (unpaired) electrons. The number of nitrogens with one attached hydrogen (secondary N) is 1. The van der Waals surface area contributed by atoms with E-state index in [4.69, 9.17) is 4.74 Å². The minimum atomic E-state index is -0.318. The molecule has 1 aromatic carbocycles. The molecule has 152 valence electrons. The van der Waals surface area contributed by atoms with Crippen molar-refractivity contribution in [1.82, 2.24) is 24.9 Å². The lowest BCUT2D eigenvalue weighted by molar-refractivity contribution is -0.122. The average molecular weight is 395 g/mol. The van der Waals surface area contributed by atoms with Crippen LogP contribution in [0.3, 0.4) is 0 Å². The van der Waals surface area contributed by atoms with Crippen molar-refractivity contribution in [2.24, 2.45) is 0 Å². The van der Waals surface area contributed by atoms with E-state index in [1.165, 1.54) is 10.2 Å². The molecule has 1 amide bonds. The first kappa shape index (κ1) is 19.3. The van der Waals surface area contributed by atoms with E-state index in [9.17, 15) is 9.59 Å². The van der Waals surface area contributed by atoms with Crippen molar-refractivity contribution in [3.8, 4) is 5.69 Å². The number of methoxy groups -OCH3 is 1. The molecule has 0 spiro atoms. The van der Waals surface area contributed by atoms with Crippen LogP contribution in [0.25, 0.3) is 16.6 Å². The predicted molar refractivity (Wildman–Crippen MR) is 109 cm³/mol. The summed E-state index contributed by atoms with van der Waals surface area (Å²) in [4.78, 5) is 25.5. The first-order valence-corrected chi connectivity index (χ1v) is 9.81. The van der Waals surface area contributed by atoms with Crippen molar-refractivity contribution in [3.05, 3.63) is 51.6 Å². The molecular weight excluding hydrogens is 370 g/mol. The van der Waals surface area contributed by atoms with Gasteiger partial charge in [-0.1, -0.05) is 6.07 Å². The lowest BCUT2D eigenvalue weighted by atomic mass is 10.1. The van der Waals surface area contributed by atoms with E-state index < -0.39 is 0 Å². The van der Waals surface area contributed by atoms with E-state index >= 15 is 0 Å². The molecule has 0 saturated heterocycles. The van der Waals surface area contributed by atoms with E-state index in [1.54, 1.807) is 18.0 Å². The predicted octanol–water partition coefficient (Wildman–Crippen LogP) is 1.84. The SMILES string of the molecule is COCCNC(=O)Cn1nc(C2CC2)c2cnn(-c3ccc(C)c(C)c3)c2c1=O. The van der Waals surface area contributed by atoms with Gasteiger partial charge in [-0.25, -0.2) is 9.36 Å². The second kappa shape index (κ2) is 7.79. The van der Waals surface area contributed by atoms with Gasteiger partial charge in [0.1, 0.15) is 12.1 Å². The van der Waals surface area contributed by atoms with Gasteiger partial charge in [0.25, 0.3) is 5.56 Å². The second-order valence-corrected chi connectivity index (χ2v) is 7.55. The van der Waals surface area contributed by atoms with Crippen molar-refractivity contribution in [2.45, 2.75) is 39.2 Å². The Morgan fingerprint density at radius 2 is 2.07 bits per heavy atom. The minimum absolute atomic E-state index is 0.129. The molecule has 0 unspecified atom stereocenters. The molecular formula is C21H25N5O3.